The van der Waals surface area contributed by atoms with Gasteiger partial charge in [0.2, 0.25) is 10.0 Å². The molecule has 0 N–H and O–H groups in total. The van der Waals surface area contributed by atoms with E-state index in [-0.39, 0.29) is 23.4 Å². The first kappa shape index (κ1) is 19.5. The van der Waals surface area contributed by atoms with Gasteiger partial charge in [-0.25, -0.2) is 8.42 Å². The van der Waals surface area contributed by atoms with E-state index in [2.05, 4.69) is 0 Å². The molecule has 7 heteroatoms. The molecule has 1 saturated heterocycles. The van der Waals surface area contributed by atoms with Gasteiger partial charge in [-0.1, -0.05) is 12.1 Å². The largest absolute Gasteiger partial charge is 0.461 e. The second-order valence-electron chi connectivity index (χ2n) is 9.23. The monoisotopic (exact) mass is 419 g/mol. The maximum atomic E-state index is 12.9. The van der Waals surface area contributed by atoms with Crippen molar-refractivity contribution in [1.82, 2.24) is 4.31 Å². The molecule has 1 aromatic carbocycles. The van der Waals surface area contributed by atoms with Crippen molar-refractivity contribution in [3.05, 3.63) is 29.8 Å². The highest BCUT2D eigenvalue weighted by molar-refractivity contribution is 7.89. The number of esters is 1. The van der Waals surface area contributed by atoms with E-state index < -0.39 is 10.0 Å². The van der Waals surface area contributed by atoms with Crippen LogP contribution in [0.1, 0.15) is 37.7 Å². The molecule has 29 heavy (non-hydrogen) atoms. The number of ether oxygens (including phenoxy) is 2. The molecular weight excluding hydrogens is 390 g/mol. The van der Waals surface area contributed by atoms with Crippen molar-refractivity contribution in [2.75, 3.05) is 26.3 Å². The minimum Gasteiger partial charge on any atom is -0.461 e. The molecule has 0 aromatic heterocycles. The van der Waals surface area contributed by atoms with E-state index in [0.29, 0.717) is 38.1 Å². The third-order valence-corrected chi connectivity index (χ3v) is 9.28. The van der Waals surface area contributed by atoms with Crippen LogP contribution >= 0.6 is 0 Å². The van der Waals surface area contributed by atoms with Crippen LogP contribution in [-0.4, -0.2) is 45.0 Å². The zero-order valence-electron chi connectivity index (χ0n) is 16.7. The molecule has 4 saturated carbocycles. The van der Waals surface area contributed by atoms with E-state index in [1.54, 1.807) is 18.2 Å². The number of hydrogen-bond donors (Lipinski definition) is 0. The van der Waals surface area contributed by atoms with Gasteiger partial charge in [-0.05, 0) is 73.5 Å². The van der Waals surface area contributed by atoms with Gasteiger partial charge in [-0.3, -0.25) is 4.79 Å². The second-order valence-corrected chi connectivity index (χ2v) is 11.2. The summed E-state index contributed by atoms with van der Waals surface area (Å²) in [5.41, 5.74) is 0.719. The van der Waals surface area contributed by atoms with Crippen molar-refractivity contribution in [3.8, 4) is 0 Å². The molecule has 1 heterocycles. The Morgan fingerprint density at radius 3 is 2.34 bits per heavy atom. The van der Waals surface area contributed by atoms with Gasteiger partial charge in [0.15, 0.2) is 0 Å². The third-order valence-electron chi connectivity index (χ3n) is 7.39. The summed E-state index contributed by atoms with van der Waals surface area (Å²) in [6, 6.07) is 6.78. The Bertz CT molecular complexity index is 849. The first-order chi connectivity index (χ1) is 14.0. The Labute approximate surface area is 172 Å². The summed E-state index contributed by atoms with van der Waals surface area (Å²) in [4.78, 5) is 13.1. The lowest BCUT2D eigenvalue weighted by molar-refractivity contribution is -0.163. The van der Waals surface area contributed by atoms with Gasteiger partial charge in [-0.15, -0.1) is 0 Å². The molecule has 6 rings (SSSR count). The molecule has 158 valence electrons. The predicted octanol–water partition coefficient (Wildman–Crippen LogP) is 2.82. The van der Waals surface area contributed by atoms with E-state index in [1.807, 2.05) is 6.07 Å². The Morgan fingerprint density at radius 1 is 1.03 bits per heavy atom. The summed E-state index contributed by atoms with van der Waals surface area (Å²) in [6.45, 7) is 1.71. The number of benzene rings is 1. The van der Waals surface area contributed by atoms with Gasteiger partial charge < -0.3 is 9.47 Å². The van der Waals surface area contributed by atoms with Crippen molar-refractivity contribution >= 4 is 16.0 Å². The van der Waals surface area contributed by atoms with Gasteiger partial charge in [0.25, 0.3) is 0 Å². The van der Waals surface area contributed by atoms with Crippen LogP contribution in [0.2, 0.25) is 0 Å². The molecule has 4 aliphatic carbocycles. The zero-order valence-corrected chi connectivity index (χ0v) is 17.5. The molecule has 0 spiro atoms. The van der Waals surface area contributed by atoms with Crippen LogP contribution < -0.4 is 0 Å². The number of sulfonamides is 1. The van der Waals surface area contributed by atoms with Gasteiger partial charge >= 0.3 is 5.97 Å². The lowest BCUT2D eigenvalue weighted by atomic mass is 9.52. The maximum Gasteiger partial charge on any atom is 0.309 e. The van der Waals surface area contributed by atoms with Crippen LogP contribution in [0.3, 0.4) is 0 Å². The number of morpholine rings is 1. The molecule has 4 bridgehead atoms. The van der Waals surface area contributed by atoms with E-state index in [9.17, 15) is 13.2 Å². The van der Waals surface area contributed by atoms with Gasteiger partial charge in [0, 0.05) is 13.1 Å². The number of rotatable bonds is 5. The van der Waals surface area contributed by atoms with Crippen molar-refractivity contribution in [1.29, 1.82) is 0 Å². The van der Waals surface area contributed by atoms with E-state index >= 15 is 0 Å². The molecule has 0 radical (unpaired) electrons. The molecule has 1 aromatic rings. The Morgan fingerprint density at radius 2 is 1.69 bits per heavy atom. The molecule has 6 nitrogen and oxygen atoms in total. The Kier molecular flexibility index (Phi) is 5.16. The van der Waals surface area contributed by atoms with Gasteiger partial charge in [-0.2, -0.15) is 4.31 Å². The number of hydrogen-bond acceptors (Lipinski definition) is 5. The smallest absolute Gasteiger partial charge is 0.309 e. The Hall–Kier alpha value is -1.44. The molecule has 1 aliphatic heterocycles. The number of nitrogens with zero attached hydrogens (tertiary/aromatic N) is 1. The normalized spacial score (nSPS) is 34.3. The van der Waals surface area contributed by atoms with Crippen LogP contribution in [0, 0.1) is 29.6 Å². The third kappa shape index (κ3) is 3.73. The predicted molar refractivity (Wildman–Crippen MR) is 106 cm³/mol. The van der Waals surface area contributed by atoms with Crippen molar-refractivity contribution in [3.63, 3.8) is 0 Å². The molecule has 5 aliphatic rings. The topological polar surface area (TPSA) is 72.9 Å². The fourth-order valence-electron chi connectivity index (χ4n) is 6.29. The van der Waals surface area contributed by atoms with E-state index in [1.165, 1.54) is 36.4 Å². The van der Waals surface area contributed by atoms with Crippen LogP contribution in [0.5, 0.6) is 0 Å². The minimum absolute atomic E-state index is 0.0445. The van der Waals surface area contributed by atoms with E-state index in [4.69, 9.17) is 9.47 Å². The molecule has 0 unspecified atom stereocenters. The van der Waals surface area contributed by atoms with Gasteiger partial charge in [0.1, 0.15) is 6.61 Å². The van der Waals surface area contributed by atoms with Crippen molar-refractivity contribution in [2.45, 2.75) is 43.6 Å². The van der Waals surface area contributed by atoms with Crippen LogP contribution in [0.4, 0.5) is 0 Å². The summed E-state index contributed by atoms with van der Waals surface area (Å²) in [7, 11) is -3.54. The SMILES string of the molecule is O=C(OCc1cccc(S(=O)(=O)N2CCOCC2)c1)C1C2CC3CC(C2)CC1C3. The molecular formula is C22H29NO5S. The maximum absolute atomic E-state index is 12.9. The molecule has 0 amide bonds. The highest BCUT2D eigenvalue weighted by Crippen LogP contribution is 2.56. The molecule has 5 fully saturated rings. The van der Waals surface area contributed by atoms with Crippen molar-refractivity contribution in [2.24, 2.45) is 29.6 Å². The lowest BCUT2D eigenvalue weighted by Gasteiger charge is -2.53. The summed E-state index contributed by atoms with van der Waals surface area (Å²) in [6.07, 6.45) is 6.08. The van der Waals surface area contributed by atoms with Gasteiger partial charge in [0.05, 0.1) is 24.0 Å². The Balaban J connectivity index is 1.25. The summed E-state index contributed by atoms with van der Waals surface area (Å²) >= 11 is 0. The second kappa shape index (κ2) is 7.67. The number of carbonyl (C=O) groups is 1. The van der Waals surface area contributed by atoms with Crippen LogP contribution in [0.25, 0.3) is 0 Å². The van der Waals surface area contributed by atoms with E-state index in [0.717, 1.165) is 17.4 Å². The zero-order chi connectivity index (χ0) is 20.0. The fourth-order valence-corrected chi connectivity index (χ4v) is 7.77. The lowest BCUT2D eigenvalue weighted by Crippen LogP contribution is -2.48. The minimum atomic E-state index is -3.54. The highest BCUT2D eigenvalue weighted by atomic mass is 32.2. The first-order valence-electron chi connectivity index (χ1n) is 10.8. The summed E-state index contributed by atoms with van der Waals surface area (Å²) < 4.78 is 38.1. The standard InChI is InChI=1S/C22H29NO5S/c24-22(21-18-9-16-8-17(11-18)12-19(21)10-16)28-14-15-2-1-3-20(13-15)29(25,26)23-4-6-27-7-5-23/h1-3,13,16-19,21H,4-12,14H2. The number of carbonyl (C=O) groups excluding carboxylic acids is 1. The van der Waals surface area contributed by atoms with Crippen LogP contribution in [0.15, 0.2) is 29.2 Å². The highest BCUT2D eigenvalue weighted by Gasteiger charge is 2.51. The quantitative estimate of drug-likeness (QED) is 0.686. The van der Waals surface area contributed by atoms with Crippen molar-refractivity contribution < 1.29 is 22.7 Å². The average molecular weight is 420 g/mol. The first-order valence-corrected chi connectivity index (χ1v) is 12.3. The summed E-state index contributed by atoms with van der Waals surface area (Å²) in [5.74, 6) is 2.59. The summed E-state index contributed by atoms with van der Waals surface area (Å²) in [5, 5.41) is 0. The molecule has 0 atom stereocenters. The fraction of sp³-hybridized carbons (Fsp3) is 0.682. The average Bonchev–Trinajstić information content (AvgIpc) is 2.72. The van der Waals surface area contributed by atoms with Crippen LogP contribution in [-0.2, 0) is 30.9 Å².